The van der Waals surface area contributed by atoms with Gasteiger partial charge in [0.15, 0.2) is 0 Å². The third-order valence-electron chi connectivity index (χ3n) is 4.88. The Bertz CT molecular complexity index is 847. The molecule has 0 unspecified atom stereocenters. The molecule has 1 aromatic heterocycles. The predicted molar refractivity (Wildman–Crippen MR) is 114 cm³/mol. The second-order valence-electron chi connectivity index (χ2n) is 6.68. The first-order valence-electron chi connectivity index (χ1n) is 9.22. The van der Waals surface area contributed by atoms with Crippen LogP contribution in [0.5, 0.6) is 5.88 Å². The van der Waals surface area contributed by atoms with Gasteiger partial charge in [0.2, 0.25) is 5.88 Å². The summed E-state index contributed by atoms with van der Waals surface area (Å²) in [6, 6.07) is 7.26. The normalized spacial score (nSPS) is 14.2. The van der Waals surface area contributed by atoms with Crippen LogP contribution in [0.1, 0.15) is 18.2 Å². The number of nitrogens with one attached hydrogen (secondary N) is 1. The predicted octanol–water partition coefficient (Wildman–Crippen LogP) is 4.62. The van der Waals surface area contributed by atoms with E-state index in [1.807, 2.05) is 25.1 Å². The van der Waals surface area contributed by atoms with Gasteiger partial charge in [0.1, 0.15) is 5.69 Å². The number of aryl methyl sites for hydroxylation is 2. The fraction of sp³-hybridized carbons (Fsp3) is 0.400. The first-order chi connectivity index (χ1) is 13.4. The standard InChI is InChI=1S/C20H24Cl2N4O2/c1-4-14-9-18(19(28-3)23-13(14)2)24-20(27)26-7-5-25(6-8-26)17-11-15(21)10-16(22)12-17/h9-12H,4-8H2,1-3H3,(H,24,27). The number of methoxy groups -OCH3 is 1. The maximum Gasteiger partial charge on any atom is 0.322 e. The average Bonchev–Trinajstić information content (AvgIpc) is 2.68. The molecule has 2 amide bonds. The van der Waals surface area contributed by atoms with Crippen molar-refractivity contribution in [2.75, 3.05) is 43.5 Å². The Morgan fingerprint density at radius 3 is 2.36 bits per heavy atom. The van der Waals surface area contributed by atoms with E-state index < -0.39 is 0 Å². The molecule has 6 nitrogen and oxygen atoms in total. The maximum atomic E-state index is 12.7. The van der Waals surface area contributed by atoms with E-state index >= 15 is 0 Å². The first-order valence-corrected chi connectivity index (χ1v) is 9.98. The molecule has 8 heteroatoms. The quantitative estimate of drug-likeness (QED) is 0.780. The minimum absolute atomic E-state index is 0.158. The zero-order chi connectivity index (χ0) is 20.3. The van der Waals surface area contributed by atoms with Crippen LogP contribution in [0.3, 0.4) is 0 Å². The summed E-state index contributed by atoms with van der Waals surface area (Å²) >= 11 is 12.2. The molecule has 150 valence electrons. The number of pyridine rings is 1. The van der Waals surface area contributed by atoms with Gasteiger partial charge in [-0.1, -0.05) is 30.1 Å². The number of amides is 2. The van der Waals surface area contributed by atoms with Crippen molar-refractivity contribution in [3.05, 3.63) is 45.6 Å². The number of urea groups is 1. The van der Waals surface area contributed by atoms with Crippen molar-refractivity contribution in [2.24, 2.45) is 0 Å². The number of benzene rings is 1. The van der Waals surface area contributed by atoms with Crippen LogP contribution in [0.4, 0.5) is 16.2 Å². The monoisotopic (exact) mass is 422 g/mol. The van der Waals surface area contributed by atoms with Crippen molar-refractivity contribution < 1.29 is 9.53 Å². The summed E-state index contributed by atoms with van der Waals surface area (Å²) < 4.78 is 5.33. The number of ether oxygens (including phenoxy) is 1. The van der Waals surface area contributed by atoms with Crippen molar-refractivity contribution in [3.8, 4) is 5.88 Å². The van der Waals surface area contributed by atoms with Crippen molar-refractivity contribution in [2.45, 2.75) is 20.3 Å². The van der Waals surface area contributed by atoms with Gasteiger partial charge in [-0.05, 0) is 43.2 Å². The number of piperazine rings is 1. The summed E-state index contributed by atoms with van der Waals surface area (Å²) in [5, 5.41) is 4.15. The molecule has 1 N–H and O–H groups in total. The summed E-state index contributed by atoms with van der Waals surface area (Å²) in [5.41, 5.74) is 3.55. The summed E-state index contributed by atoms with van der Waals surface area (Å²) in [5.74, 6) is 0.426. The molecule has 0 bridgehead atoms. The molecule has 1 fully saturated rings. The topological polar surface area (TPSA) is 57.7 Å². The molecule has 1 aromatic carbocycles. The Morgan fingerprint density at radius 2 is 1.79 bits per heavy atom. The van der Waals surface area contributed by atoms with Gasteiger partial charge in [0.25, 0.3) is 0 Å². The van der Waals surface area contributed by atoms with E-state index in [2.05, 4.69) is 22.1 Å². The molecule has 0 atom stereocenters. The fourth-order valence-corrected chi connectivity index (χ4v) is 3.83. The van der Waals surface area contributed by atoms with Crippen LogP contribution >= 0.6 is 23.2 Å². The van der Waals surface area contributed by atoms with E-state index in [1.54, 1.807) is 18.1 Å². The molecule has 1 aliphatic rings. The molecule has 1 aliphatic heterocycles. The van der Waals surface area contributed by atoms with Crippen molar-refractivity contribution in [1.29, 1.82) is 0 Å². The summed E-state index contributed by atoms with van der Waals surface area (Å²) in [7, 11) is 1.55. The van der Waals surface area contributed by atoms with Gasteiger partial charge in [-0.25, -0.2) is 9.78 Å². The Kier molecular flexibility index (Phi) is 6.52. The van der Waals surface area contributed by atoms with Crippen LogP contribution in [-0.2, 0) is 6.42 Å². The zero-order valence-electron chi connectivity index (χ0n) is 16.3. The molecule has 0 radical (unpaired) electrons. The molecule has 0 spiro atoms. The number of carbonyl (C=O) groups is 1. The van der Waals surface area contributed by atoms with Gasteiger partial charge in [-0.2, -0.15) is 0 Å². The number of halogens is 2. The van der Waals surface area contributed by atoms with E-state index in [4.69, 9.17) is 27.9 Å². The molecular weight excluding hydrogens is 399 g/mol. The van der Waals surface area contributed by atoms with E-state index in [0.29, 0.717) is 47.8 Å². The lowest BCUT2D eigenvalue weighted by Gasteiger charge is -2.36. The molecule has 2 aromatic rings. The van der Waals surface area contributed by atoms with Gasteiger partial charge >= 0.3 is 6.03 Å². The van der Waals surface area contributed by atoms with Gasteiger partial charge in [-0.15, -0.1) is 0 Å². The van der Waals surface area contributed by atoms with Crippen molar-refractivity contribution >= 4 is 40.6 Å². The number of carbonyl (C=O) groups excluding carboxylic acids is 1. The van der Waals surface area contributed by atoms with Crippen LogP contribution in [0.25, 0.3) is 0 Å². The Morgan fingerprint density at radius 1 is 1.14 bits per heavy atom. The Balaban J connectivity index is 1.66. The Labute approximate surface area is 175 Å². The van der Waals surface area contributed by atoms with Gasteiger partial charge in [-0.3, -0.25) is 0 Å². The highest BCUT2D eigenvalue weighted by Gasteiger charge is 2.23. The fourth-order valence-electron chi connectivity index (χ4n) is 3.31. The molecule has 3 rings (SSSR count). The molecule has 28 heavy (non-hydrogen) atoms. The Hall–Kier alpha value is -2.18. The molecule has 0 aliphatic carbocycles. The van der Waals surface area contributed by atoms with Gasteiger partial charge < -0.3 is 19.9 Å². The van der Waals surface area contributed by atoms with Crippen LogP contribution in [0.15, 0.2) is 24.3 Å². The second kappa shape index (κ2) is 8.88. The number of aromatic nitrogens is 1. The third-order valence-corrected chi connectivity index (χ3v) is 5.31. The van der Waals surface area contributed by atoms with E-state index in [9.17, 15) is 4.79 Å². The molecule has 0 saturated carbocycles. The minimum Gasteiger partial charge on any atom is -0.480 e. The summed E-state index contributed by atoms with van der Waals surface area (Å²) in [4.78, 5) is 21.1. The zero-order valence-corrected chi connectivity index (χ0v) is 17.8. The number of nitrogens with zero attached hydrogens (tertiary/aromatic N) is 3. The second-order valence-corrected chi connectivity index (χ2v) is 7.55. The van der Waals surface area contributed by atoms with Gasteiger partial charge in [0, 0.05) is 47.6 Å². The first kappa shape index (κ1) is 20.6. The lowest BCUT2D eigenvalue weighted by molar-refractivity contribution is 0.208. The third kappa shape index (κ3) is 4.62. The smallest absolute Gasteiger partial charge is 0.322 e. The number of hydrogen-bond acceptors (Lipinski definition) is 4. The van der Waals surface area contributed by atoms with Crippen LogP contribution in [0.2, 0.25) is 10.0 Å². The highest BCUT2D eigenvalue weighted by atomic mass is 35.5. The van der Waals surface area contributed by atoms with Crippen molar-refractivity contribution in [1.82, 2.24) is 9.88 Å². The lowest BCUT2D eigenvalue weighted by atomic mass is 10.1. The molecule has 1 saturated heterocycles. The maximum absolute atomic E-state index is 12.7. The lowest BCUT2D eigenvalue weighted by Crippen LogP contribution is -2.50. The van der Waals surface area contributed by atoms with Crippen molar-refractivity contribution in [3.63, 3.8) is 0 Å². The van der Waals surface area contributed by atoms with E-state index in [1.165, 1.54) is 0 Å². The molecular formula is C20H24Cl2N4O2. The summed E-state index contributed by atoms with van der Waals surface area (Å²) in [6.07, 6.45) is 0.840. The van der Waals surface area contributed by atoms with E-state index in [0.717, 1.165) is 23.4 Å². The number of anilines is 2. The van der Waals surface area contributed by atoms with Crippen LogP contribution in [0, 0.1) is 6.92 Å². The molecule has 2 heterocycles. The average molecular weight is 423 g/mol. The minimum atomic E-state index is -0.158. The van der Waals surface area contributed by atoms with Gasteiger partial charge in [0.05, 0.1) is 7.11 Å². The largest absolute Gasteiger partial charge is 0.480 e. The number of hydrogen-bond donors (Lipinski definition) is 1. The number of rotatable bonds is 4. The van der Waals surface area contributed by atoms with Crippen LogP contribution < -0.4 is 15.0 Å². The highest BCUT2D eigenvalue weighted by Crippen LogP contribution is 2.27. The van der Waals surface area contributed by atoms with E-state index in [-0.39, 0.29) is 6.03 Å². The highest BCUT2D eigenvalue weighted by molar-refractivity contribution is 6.35. The summed E-state index contributed by atoms with van der Waals surface area (Å²) in [6.45, 7) is 6.59. The SMILES string of the molecule is CCc1cc(NC(=O)N2CCN(c3cc(Cl)cc(Cl)c3)CC2)c(OC)nc1C. The van der Waals surface area contributed by atoms with Crippen LogP contribution in [-0.4, -0.2) is 49.2 Å².